The molecule has 0 saturated carbocycles. The zero-order valence-electron chi connectivity index (χ0n) is 18.1. The Morgan fingerprint density at radius 2 is 1.66 bits per heavy atom. The zero-order valence-corrected chi connectivity index (χ0v) is 19.6. The highest BCUT2D eigenvalue weighted by Crippen LogP contribution is 2.38. The van der Waals surface area contributed by atoms with E-state index in [9.17, 15) is 14.4 Å². The first-order valence-corrected chi connectivity index (χ1v) is 11.2. The number of hydrogen-bond acceptors (Lipinski definition) is 4. The van der Waals surface area contributed by atoms with Gasteiger partial charge in [0, 0.05) is 12.5 Å². The van der Waals surface area contributed by atoms with Gasteiger partial charge in [-0.1, -0.05) is 41.4 Å². The van der Waals surface area contributed by atoms with Crippen LogP contribution in [0.25, 0.3) is 0 Å². The Morgan fingerprint density at radius 1 is 1.03 bits per heavy atom. The van der Waals surface area contributed by atoms with Crippen molar-refractivity contribution < 1.29 is 19.1 Å². The van der Waals surface area contributed by atoms with Crippen molar-refractivity contribution in [3.63, 3.8) is 0 Å². The lowest BCUT2D eigenvalue weighted by Gasteiger charge is -2.32. The van der Waals surface area contributed by atoms with E-state index < -0.39 is 17.7 Å². The van der Waals surface area contributed by atoms with Crippen molar-refractivity contribution in [3.8, 4) is 0 Å². The van der Waals surface area contributed by atoms with E-state index in [2.05, 4.69) is 0 Å². The first-order chi connectivity index (χ1) is 15.1. The minimum Gasteiger partial charge on any atom is -0.444 e. The van der Waals surface area contributed by atoms with E-state index in [0.717, 1.165) is 5.56 Å². The fraction of sp³-hybridized carbons (Fsp3) is 0.375. The summed E-state index contributed by atoms with van der Waals surface area (Å²) in [7, 11) is 0. The van der Waals surface area contributed by atoms with Crippen molar-refractivity contribution in [2.45, 2.75) is 44.8 Å². The molecule has 1 saturated heterocycles. The lowest BCUT2D eigenvalue weighted by molar-refractivity contribution is 0.0183. The third kappa shape index (κ3) is 4.21. The van der Waals surface area contributed by atoms with Crippen molar-refractivity contribution in [1.82, 2.24) is 9.80 Å². The monoisotopic (exact) mass is 474 g/mol. The summed E-state index contributed by atoms with van der Waals surface area (Å²) >= 11 is 12.3. The van der Waals surface area contributed by atoms with E-state index in [0.29, 0.717) is 34.1 Å². The summed E-state index contributed by atoms with van der Waals surface area (Å²) in [5.74, 6) is -0.842. The second-order valence-corrected chi connectivity index (χ2v) is 9.89. The molecule has 3 amide bonds. The van der Waals surface area contributed by atoms with E-state index in [1.54, 1.807) is 62.1 Å². The number of likely N-dealkylation sites (tertiary alicyclic amines) is 1. The molecule has 2 aromatic rings. The van der Waals surface area contributed by atoms with Gasteiger partial charge in [-0.05, 0) is 57.0 Å². The molecule has 2 heterocycles. The average molecular weight is 475 g/mol. The van der Waals surface area contributed by atoms with Gasteiger partial charge in [-0.25, -0.2) is 4.79 Å². The lowest BCUT2D eigenvalue weighted by Crippen LogP contribution is -2.48. The highest BCUT2D eigenvalue weighted by atomic mass is 35.5. The van der Waals surface area contributed by atoms with Crippen LogP contribution in [0.3, 0.4) is 0 Å². The Balaban J connectivity index is 1.67. The molecule has 0 radical (unpaired) electrons. The van der Waals surface area contributed by atoms with Crippen LogP contribution in [0.2, 0.25) is 10.0 Å². The van der Waals surface area contributed by atoms with Crippen molar-refractivity contribution in [2.24, 2.45) is 0 Å². The summed E-state index contributed by atoms with van der Waals surface area (Å²) in [6, 6.07) is 11.7. The van der Waals surface area contributed by atoms with Crippen LogP contribution in [0.15, 0.2) is 42.5 Å². The van der Waals surface area contributed by atoms with Gasteiger partial charge in [0.15, 0.2) is 0 Å². The number of carbonyl (C=O) groups excluding carboxylic acids is 3. The highest BCUT2D eigenvalue weighted by Gasteiger charge is 2.44. The first kappa shape index (κ1) is 22.6. The zero-order chi connectivity index (χ0) is 23.2. The largest absolute Gasteiger partial charge is 0.444 e. The Labute approximate surface area is 197 Å². The maximum Gasteiger partial charge on any atom is 0.410 e. The predicted octanol–water partition coefficient (Wildman–Crippen LogP) is 5.38. The van der Waals surface area contributed by atoms with Crippen LogP contribution in [-0.4, -0.2) is 52.4 Å². The van der Waals surface area contributed by atoms with Gasteiger partial charge in [0.05, 0.1) is 33.8 Å². The quantitative estimate of drug-likeness (QED) is 0.559. The van der Waals surface area contributed by atoms with Gasteiger partial charge < -0.3 is 9.64 Å². The second kappa shape index (κ2) is 8.41. The van der Waals surface area contributed by atoms with Crippen LogP contribution >= 0.6 is 23.2 Å². The number of benzene rings is 2. The van der Waals surface area contributed by atoms with Gasteiger partial charge in [-0.3, -0.25) is 14.5 Å². The molecular weight excluding hydrogens is 451 g/mol. The molecule has 32 heavy (non-hydrogen) atoms. The Bertz CT molecular complexity index is 1060. The third-order valence-corrected chi connectivity index (χ3v) is 6.53. The Hall–Kier alpha value is -2.57. The topological polar surface area (TPSA) is 66.9 Å². The highest BCUT2D eigenvalue weighted by molar-refractivity contribution is 6.42. The smallest absolute Gasteiger partial charge is 0.410 e. The van der Waals surface area contributed by atoms with Crippen LogP contribution in [0.4, 0.5) is 4.79 Å². The molecule has 0 bridgehead atoms. The molecule has 2 aliphatic rings. The number of rotatable bonds is 3. The van der Waals surface area contributed by atoms with Crippen LogP contribution in [-0.2, 0) is 4.74 Å². The standard InChI is InChI=1S/C24H24Cl2N2O4/c1-24(2,3)32-23(31)27-11-10-15(14-8-9-18(25)19(26)12-14)20(27)13-28-21(29)16-6-4-5-7-17(16)22(28)30/h4-9,12,15,20H,10-11,13H2,1-3H3/t15-,20-/m0/s1. The van der Waals surface area contributed by atoms with Crippen LogP contribution in [0, 0.1) is 0 Å². The molecule has 0 aliphatic carbocycles. The number of imide groups is 1. The molecule has 0 aromatic heterocycles. The predicted molar refractivity (Wildman–Crippen MR) is 122 cm³/mol. The summed E-state index contributed by atoms with van der Waals surface area (Å²) < 4.78 is 5.61. The number of hydrogen-bond donors (Lipinski definition) is 0. The van der Waals surface area contributed by atoms with Crippen LogP contribution in [0.1, 0.15) is 59.4 Å². The SMILES string of the molecule is CC(C)(C)OC(=O)N1CC[C@@H](c2ccc(Cl)c(Cl)c2)[C@@H]1CN1C(=O)c2ccccc2C1=O. The molecule has 2 aliphatic heterocycles. The summed E-state index contributed by atoms with van der Waals surface area (Å²) in [5.41, 5.74) is 0.988. The van der Waals surface area contributed by atoms with Crippen LogP contribution in [0.5, 0.6) is 0 Å². The number of fused-ring (bicyclic) bond motifs is 1. The third-order valence-electron chi connectivity index (χ3n) is 5.79. The molecule has 168 valence electrons. The summed E-state index contributed by atoms with van der Waals surface area (Å²) in [6.07, 6.45) is 0.173. The number of carbonyl (C=O) groups is 3. The summed E-state index contributed by atoms with van der Waals surface area (Å²) in [5, 5.41) is 0.855. The average Bonchev–Trinajstić information content (AvgIpc) is 3.25. The maximum atomic E-state index is 13.0. The minimum atomic E-state index is -0.668. The summed E-state index contributed by atoms with van der Waals surface area (Å²) in [6.45, 7) is 5.91. The van der Waals surface area contributed by atoms with Crippen molar-refractivity contribution in [3.05, 3.63) is 69.2 Å². The molecular formula is C24H24Cl2N2O4. The van der Waals surface area contributed by atoms with Gasteiger partial charge in [-0.2, -0.15) is 0 Å². The molecule has 4 rings (SSSR count). The lowest BCUT2D eigenvalue weighted by atomic mass is 9.91. The van der Waals surface area contributed by atoms with Crippen LogP contribution < -0.4 is 0 Å². The Morgan fingerprint density at radius 3 is 2.22 bits per heavy atom. The fourth-order valence-electron chi connectivity index (χ4n) is 4.35. The minimum absolute atomic E-state index is 0.0660. The van der Waals surface area contributed by atoms with Gasteiger partial charge in [-0.15, -0.1) is 0 Å². The van der Waals surface area contributed by atoms with Gasteiger partial charge in [0.1, 0.15) is 5.60 Å². The van der Waals surface area contributed by atoms with Crippen molar-refractivity contribution in [1.29, 1.82) is 0 Å². The van der Waals surface area contributed by atoms with Crippen molar-refractivity contribution in [2.75, 3.05) is 13.1 Å². The van der Waals surface area contributed by atoms with Gasteiger partial charge >= 0.3 is 6.09 Å². The number of amides is 3. The molecule has 6 nitrogen and oxygen atoms in total. The summed E-state index contributed by atoms with van der Waals surface area (Å²) in [4.78, 5) is 41.8. The molecule has 0 N–H and O–H groups in total. The Kier molecular flexibility index (Phi) is 5.94. The van der Waals surface area contributed by atoms with Gasteiger partial charge in [0.25, 0.3) is 11.8 Å². The van der Waals surface area contributed by atoms with E-state index in [-0.39, 0.29) is 24.3 Å². The van der Waals surface area contributed by atoms with E-state index in [1.165, 1.54) is 4.90 Å². The maximum absolute atomic E-state index is 13.0. The van der Waals surface area contributed by atoms with E-state index in [1.807, 2.05) is 6.07 Å². The van der Waals surface area contributed by atoms with Gasteiger partial charge in [0.2, 0.25) is 0 Å². The normalized spacial score (nSPS) is 20.7. The molecule has 1 fully saturated rings. The number of halogens is 2. The number of ether oxygens (including phenoxy) is 1. The molecule has 8 heteroatoms. The second-order valence-electron chi connectivity index (χ2n) is 9.08. The fourth-order valence-corrected chi connectivity index (χ4v) is 4.66. The van der Waals surface area contributed by atoms with E-state index in [4.69, 9.17) is 27.9 Å². The number of nitrogens with zero attached hydrogens (tertiary/aromatic N) is 2. The first-order valence-electron chi connectivity index (χ1n) is 10.5. The molecule has 2 aromatic carbocycles. The molecule has 0 spiro atoms. The van der Waals surface area contributed by atoms with E-state index >= 15 is 0 Å². The molecule has 0 unspecified atom stereocenters. The molecule has 2 atom stereocenters. The van der Waals surface area contributed by atoms with Crippen molar-refractivity contribution >= 4 is 41.1 Å².